The number of rotatable bonds is 5. The Morgan fingerprint density at radius 1 is 1.00 bits per heavy atom. The Morgan fingerprint density at radius 3 is 2.27 bits per heavy atom. The Balaban J connectivity index is 1.99. The van der Waals surface area contributed by atoms with Gasteiger partial charge in [0.15, 0.2) is 6.61 Å². The molecule has 0 aliphatic carbocycles. The number of hydrogen-bond acceptors (Lipinski definition) is 4. The van der Waals surface area contributed by atoms with Crippen molar-refractivity contribution in [3.05, 3.63) is 64.2 Å². The van der Waals surface area contributed by atoms with Crippen LogP contribution in [0.3, 0.4) is 0 Å². The zero-order valence-electron chi connectivity index (χ0n) is 15.3. The normalized spacial score (nSPS) is 10.2. The Hall–Kier alpha value is -3.15. The highest BCUT2D eigenvalue weighted by Gasteiger charge is 2.16. The van der Waals surface area contributed by atoms with Crippen molar-refractivity contribution in [3.63, 3.8) is 0 Å². The minimum atomic E-state index is -0.533. The van der Waals surface area contributed by atoms with Gasteiger partial charge in [-0.15, -0.1) is 0 Å². The van der Waals surface area contributed by atoms with E-state index in [1.165, 1.54) is 7.05 Å². The van der Waals surface area contributed by atoms with Crippen LogP contribution in [0.25, 0.3) is 0 Å². The molecule has 6 heteroatoms. The van der Waals surface area contributed by atoms with Crippen LogP contribution in [0.1, 0.15) is 37.4 Å². The first-order chi connectivity index (χ1) is 12.3. The molecule has 26 heavy (non-hydrogen) atoms. The van der Waals surface area contributed by atoms with Crippen molar-refractivity contribution in [2.45, 2.75) is 20.8 Å². The summed E-state index contributed by atoms with van der Waals surface area (Å²) in [6.45, 7) is 5.22. The number of anilines is 1. The third-order valence-electron chi connectivity index (χ3n) is 3.85. The molecule has 0 heterocycles. The minimum absolute atomic E-state index is 0.252. The molecule has 2 rings (SSSR count). The third-order valence-corrected chi connectivity index (χ3v) is 3.85. The molecule has 0 fully saturated rings. The van der Waals surface area contributed by atoms with Crippen molar-refractivity contribution in [1.82, 2.24) is 5.32 Å². The van der Waals surface area contributed by atoms with Gasteiger partial charge < -0.3 is 15.4 Å². The fourth-order valence-electron chi connectivity index (χ4n) is 2.78. The average molecular weight is 354 g/mol. The molecule has 0 saturated heterocycles. The molecule has 0 spiro atoms. The Bertz CT molecular complexity index is 836. The van der Waals surface area contributed by atoms with Crippen LogP contribution in [-0.2, 0) is 9.53 Å². The van der Waals surface area contributed by atoms with Crippen LogP contribution in [-0.4, -0.2) is 31.4 Å². The second kappa shape index (κ2) is 8.29. The van der Waals surface area contributed by atoms with Crippen molar-refractivity contribution < 1.29 is 19.1 Å². The molecule has 0 saturated carbocycles. The summed E-state index contributed by atoms with van der Waals surface area (Å²) in [6.07, 6.45) is 0. The summed E-state index contributed by atoms with van der Waals surface area (Å²) >= 11 is 0. The Labute approximate surface area is 152 Å². The summed E-state index contributed by atoms with van der Waals surface area (Å²) in [5.74, 6) is -1.26. The van der Waals surface area contributed by atoms with Gasteiger partial charge in [-0.05, 0) is 50.1 Å². The molecular formula is C20H22N2O4. The number of hydrogen-bond donors (Lipinski definition) is 2. The summed E-state index contributed by atoms with van der Waals surface area (Å²) in [5, 5.41) is 5.12. The lowest BCUT2D eigenvalue weighted by Gasteiger charge is -2.11. The second-order valence-electron chi connectivity index (χ2n) is 6.06. The van der Waals surface area contributed by atoms with Gasteiger partial charge in [-0.3, -0.25) is 9.59 Å². The Morgan fingerprint density at radius 2 is 1.65 bits per heavy atom. The van der Waals surface area contributed by atoms with Gasteiger partial charge in [0.05, 0.1) is 5.56 Å². The van der Waals surface area contributed by atoms with E-state index in [1.807, 2.05) is 32.9 Å². The van der Waals surface area contributed by atoms with E-state index in [2.05, 4.69) is 10.6 Å². The van der Waals surface area contributed by atoms with Crippen molar-refractivity contribution in [2.24, 2.45) is 0 Å². The first-order valence-corrected chi connectivity index (χ1v) is 8.18. The molecule has 2 amide bonds. The standard InChI is InChI=1S/C20H22N2O4/c1-12-8-13(2)18(14(3)9-12)20(25)26-11-17(23)22-16-7-5-6-15(10-16)19(24)21-4/h5-10H,11H2,1-4H3,(H,21,24)(H,22,23). The smallest absolute Gasteiger partial charge is 0.339 e. The van der Waals surface area contributed by atoms with Crippen LogP contribution in [0, 0.1) is 20.8 Å². The maximum Gasteiger partial charge on any atom is 0.339 e. The zero-order valence-corrected chi connectivity index (χ0v) is 15.3. The summed E-state index contributed by atoms with van der Waals surface area (Å²) in [6, 6.07) is 10.3. The lowest BCUT2D eigenvalue weighted by atomic mass is 10.00. The molecule has 6 nitrogen and oxygen atoms in total. The van der Waals surface area contributed by atoms with E-state index < -0.39 is 18.5 Å². The number of esters is 1. The van der Waals surface area contributed by atoms with Crippen molar-refractivity contribution in [3.8, 4) is 0 Å². The van der Waals surface area contributed by atoms with E-state index in [9.17, 15) is 14.4 Å². The number of ether oxygens (including phenoxy) is 1. The minimum Gasteiger partial charge on any atom is -0.452 e. The second-order valence-corrected chi connectivity index (χ2v) is 6.06. The number of amides is 2. The van der Waals surface area contributed by atoms with Crippen molar-refractivity contribution in [1.29, 1.82) is 0 Å². The molecule has 0 radical (unpaired) electrons. The van der Waals surface area contributed by atoms with Gasteiger partial charge in [-0.1, -0.05) is 23.8 Å². The fraction of sp³-hybridized carbons (Fsp3) is 0.250. The molecule has 136 valence electrons. The van der Waals surface area contributed by atoms with Gasteiger partial charge in [-0.25, -0.2) is 4.79 Å². The lowest BCUT2D eigenvalue weighted by Crippen LogP contribution is -2.22. The lowest BCUT2D eigenvalue weighted by molar-refractivity contribution is -0.119. The number of carbonyl (C=O) groups is 3. The van der Waals surface area contributed by atoms with E-state index >= 15 is 0 Å². The van der Waals surface area contributed by atoms with Gasteiger partial charge in [0, 0.05) is 18.3 Å². The third kappa shape index (κ3) is 4.69. The van der Waals surface area contributed by atoms with E-state index in [0.717, 1.165) is 16.7 Å². The molecule has 2 N–H and O–H groups in total. The number of aryl methyl sites for hydroxylation is 3. The van der Waals surface area contributed by atoms with Crippen LogP contribution in [0.5, 0.6) is 0 Å². The molecule has 0 aliphatic rings. The zero-order chi connectivity index (χ0) is 19.3. The number of carbonyl (C=O) groups excluding carboxylic acids is 3. The monoisotopic (exact) mass is 354 g/mol. The predicted octanol–water partition coefficient (Wildman–Crippen LogP) is 2.77. The Kier molecular flexibility index (Phi) is 6.11. The molecular weight excluding hydrogens is 332 g/mol. The maximum absolute atomic E-state index is 12.3. The first-order valence-electron chi connectivity index (χ1n) is 8.18. The van der Waals surface area contributed by atoms with Gasteiger partial charge >= 0.3 is 5.97 Å². The largest absolute Gasteiger partial charge is 0.452 e. The number of nitrogens with one attached hydrogen (secondary N) is 2. The molecule has 0 aromatic heterocycles. The van der Waals surface area contributed by atoms with E-state index in [1.54, 1.807) is 24.3 Å². The summed E-state index contributed by atoms with van der Waals surface area (Å²) in [7, 11) is 1.53. The highest BCUT2D eigenvalue weighted by Crippen LogP contribution is 2.17. The van der Waals surface area contributed by atoms with Crippen LogP contribution in [0.4, 0.5) is 5.69 Å². The van der Waals surface area contributed by atoms with Crippen LogP contribution >= 0.6 is 0 Å². The highest BCUT2D eigenvalue weighted by atomic mass is 16.5. The van der Waals surface area contributed by atoms with E-state index in [-0.39, 0.29) is 5.91 Å². The fourth-order valence-corrected chi connectivity index (χ4v) is 2.78. The average Bonchev–Trinajstić information content (AvgIpc) is 2.58. The topological polar surface area (TPSA) is 84.5 Å². The molecule has 0 aliphatic heterocycles. The highest BCUT2D eigenvalue weighted by molar-refractivity contribution is 5.99. The van der Waals surface area contributed by atoms with Crippen LogP contribution in [0.15, 0.2) is 36.4 Å². The molecule has 0 unspecified atom stereocenters. The van der Waals surface area contributed by atoms with Gasteiger partial charge in [0.2, 0.25) is 0 Å². The van der Waals surface area contributed by atoms with Crippen molar-refractivity contribution in [2.75, 3.05) is 19.0 Å². The van der Waals surface area contributed by atoms with Crippen LogP contribution in [0.2, 0.25) is 0 Å². The van der Waals surface area contributed by atoms with Gasteiger partial charge in [-0.2, -0.15) is 0 Å². The van der Waals surface area contributed by atoms with Crippen LogP contribution < -0.4 is 10.6 Å². The summed E-state index contributed by atoms with van der Waals surface area (Å²) in [5.41, 5.74) is 4.04. The van der Waals surface area contributed by atoms with Crippen molar-refractivity contribution >= 4 is 23.5 Å². The quantitative estimate of drug-likeness (QED) is 0.809. The summed E-state index contributed by atoms with van der Waals surface area (Å²) < 4.78 is 5.13. The predicted molar refractivity (Wildman–Crippen MR) is 99.4 cm³/mol. The van der Waals surface area contributed by atoms with E-state index in [0.29, 0.717) is 16.8 Å². The SMILES string of the molecule is CNC(=O)c1cccc(NC(=O)COC(=O)c2c(C)cc(C)cc2C)c1. The molecule has 0 bridgehead atoms. The molecule has 2 aromatic rings. The summed E-state index contributed by atoms with van der Waals surface area (Å²) in [4.78, 5) is 35.9. The molecule has 0 atom stereocenters. The number of benzene rings is 2. The maximum atomic E-state index is 12.3. The van der Waals surface area contributed by atoms with Gasteiger partial charge in [0.1, 0.15) is 0 Å². The van der Waals surface area contributed by atoms with E-state index in [4.69, 9.17) is 4.74 Å². The molecule has 2 aromatic carbocycles. The van der Waals surface area contributed by atoms with Gasteiger partial charge in [0.25, 0.3) is 11.8 Å². The first kappa shape index (κ1) is 19.2.